The van der Waals surface area contributed by atoms with E-state index in [1.807, 2.05) is 0 Å². The van der Waals surface area contributed by atoms with Crippen LogP contribution in [0.4, 0.5) is 16.4 Å². The van der Waals surface area contributed by atoms with Crippen molar-refractivity contribution in [3.05, 3.63) is 12.1 Å². The van der Waals surface area contributed by atoms with E-state index in [9.17, 15) is 4.79 Å². The minimum atomic E-state index is -0.569. The highest BCUT2D eigenvalue weighted by Crippen LogP contribution is 2.06. The summed E-state index contributed by atoms with van der Waals surface area (Å²) in [6.07, 6.45) is 0.320. The molecule has 0 aliphatic carbocycles. The molecule has 2 N–H and O–H groups in total. The number of anilines is 2. The lowest BCUT2D eigenvalue weighted by molar-refractivity contribution is 0.187. The monoisotopic (exact) mass is 240 g/mol. The maximum atomic E-state index is 10.9. The molecule has 0 bridgehead atoms. The van der Waals surface area contributed by atoms with E-state index in [2.05, 4.69) is 25.6 Å². The Labute approximate surface area is 99.5 Å². The van der Waals surface area contributed by atoms with Crippen LogP contribution in [0.15, 0.2) is 12.1 Å². The topological polar surface area (TPSA) is 85.4 Å². The summed E-state index contributed by atoms with van der Waals surface area (Å²) < 4.78 is 9.35. The summed E-state index contributed by atoms with van der Waals surface area (Å²) in [4.78, 5) is 10.9. The normalized spacial score (nSPS) is 9.76. The maximum absolute atomic E-state index is 10.9. The fourth-order valence-electron chi connectivity index (χ4n) is 1.08. The Bertz CT molecular complexity index is 342. The van der Waals surface area contributed by atoms with Gasteiger partial charge in [-0.1, -0.05) is 0 Å². The summed E-state index contributed by atoms with van der Waals surface area (Å²) in [5.41, 5.74) is 0. The van der Waals surface area contributed by atoms with Crippen LogP contribution in [0.3, 0.4) is 0 Å². The molecule has 0 fully saturated rings. The van der Waals surface area contributed by atoms with E-state index in [0.717, 1.165) is 13.0 Å². The number of hydrogen-bond donors (Lipinski definition) is 2. The molecule has 1 aromatic rings. The van der Waals surface area contributed by atoms with Gasteiger partial charge in [-0.3, -0.25) is 5.32 Å². The van der Waals surface area contributed by atoms with Gasteiger partial charge in [0.25, 0.3) is 0 Å². The molecule has 1 rings (SSSR count). The molecule has 94 valence electrons. The molecule has 1 amide bonds. The zero-order valence-corrected chi connectivity index (χ0v) is 9.90. The van der Waals surface area contributed by atoms with Crippen molar-refractivity contribution in [1.82, 2.24) is 10.2 Å². The van der Waals surface area contributed by atoms with Gasteiger partial charge in [-0.15, -0.1) is 10.2 Å². The van der Waals surface area contributed by atoms with Crippen LogP contribution < -0.4 is 10.6 Å². The van der Waals surface area contributed by atoms with Gasteiger partial charge in [-0.2, -0.15) is 0 Å². The molecule has 0 saturated carbocycles. The first-order chi connectivity index (χ1) is 8.26. The summed E-state index contributed by atoms with van der Waals surface area (Å²) in [5, 5.41) is 13.2. The number of carbonyl (C=O) groups excluding carboxylic acids is 1. The predicted molar refractivity (Wildman–Crippen MR) is 63.0 cm³/mol. The van der Waals surface area contributed by atoms with Crippen LogP contribution in [-0.4, -0.2) is 43.7 Å². The van der Waals surface area contributed by atoms with E-state index in [1.165, 1.54) is 7.11 Å². The number of methoxy groups -OCH3 is 2. The SMILES string of the molecule is COCCCNc1ccc(NC(=O)OC)nn1. The minimum Gasteiger partial charge on any atom is -0.453 e. The van der Waals surface area contributed by atoms with E-state index >= 15 is 0 Å². The first-order valence-electron chi connectivity index (χ1n) is 5.17. The molecule has 0 saturated heterocycles. The predicted octanol–water partition coefficient (Wildman–Crippen LogP) is 1.10. The van der Waals surface area contributed by atoms with E-state index < -0.39 is 6.09 Å². The molecule has 0 aromatic carbocycles. The molecule has 17 heavy (non-hydrogen) atoms. The summed E-state index contributed by atoms with van der Waals surface area (Å²) in [7, 11) is 2.95. The zero-order chi connectivity index (χ0) is 12.5. The maximum Gasteiger partial charge on any atom is 0.412 e. The van der Waals surface area contributed by atoms with E-state index in [0.29, 0.717) is 18.2 Å². The van der Waals surface area contributed by atoms with Gasteiger partial charge in [0.1, 0.15) is 5.82 Å². The first-order valence-corrected chi connectivity index (χ1v) is 5.17. The Morgan fingerprint density at radius 2 is 2.00 bits per heavy atom. The van der Waals surface area contributed by atoms with Crippen molar-refractivity contribution in [1.29, 1.82) is 0 Å². The van der Waals surface area contributed by atoms with Crippen molar-refractivity contribution in [2.75, 3.05) is 38.0 Å². The van der Waals surface area contributed by atoms with Gasteiger partial charge in [0.2, 0.25) is 0 Å². The highest BCUT2D eigenvalue weighted by atomic mass is 16.5. The number of nitrogens with zero attached hydrogens (tertiary/aromatic N) is 2. The Hall–Kier alpha value is -1.89. The second kappa shape index (κ2) is 7.39. The van der Waals surface area contributed by atoms with Gasteiger partial charge in [0, 0.05) is 20.3 Å². The average molecular weight is 240 g/mol. The average Bonchev–Trinajstić information content (AvgIpc) is 2.36. The van der Waals surface area contributed by atoms with Gasteiger partial charge in [-0.05, 0) is 18.6 Å². The number of nitrogens with one attached hydrogen (secondary N) is 2. The summed E-state index contributed by atoms with van der Waals surface area (Å²) in [6, 6.07) is 3.37. The number of amides is 1. The smallest absolute Gasteiger partial charge is 0.412 e. The highest BCUT2D eigenvalue weighted by molar-refractivity contribution is 5.83. The molecule has 7 heteroatoms. The molecule has 0 aliphatic rings. The lowest BCUT2D eigenvalue weighted by Crippen LogP contribution is -2.13. The molecule has 0 atom stereocenters. The van der Waals surface area contributed by atoms with Crippen LogP contribution in [0.5, 0.6) is 0 Å². The third-order valence-electron chi connectivity index (χ3n) is 1.91. The largest absolute Gasteiger partial charge is 0.453 e. The summed E-state index contributed by atoms with van der Waals surface area (Å²) in [6.45, 7) is 1.45. The number of rotatable bonds is 6. The second-order valence-corrected chi connectivity index (χ2v) is 3.19. The Kier molecular flexibility index (Phi) is 5.73. The standard InChI is InChI=1S/C10H16N4O3/c1-16-7-3-6-11-8-4-5-9(14-13-8)12-10(15)17-2/h4-5H,3,6-7H2,1-2H3,(H,11,13)(H,12,14,15). The Balaban J connectivity index is 2.36. The second-order valence-electron chi connectivity index (χ2n) is 3.19. The minimum absolute atomic E-state index is 0.347. The van der Waals surface area contributed by atoms with Crippen molar-refractivity contribution >= 4 is 17.7 Å². The van der Waals surface area contributed by atoms with E-state index in [-0.39, 0.29) is 0 Å². The zero-order valence-electron chi connectivity index (χ0n) is 9.90. The number of carbonyl (C=O) groups is 1. The lowest BCUT2D eigenvalue weighted by Gasteiger charge is -2.05. The van der Waals surface area contributed by atoms with Gasteiger partial charge in [-0.25, -0.2) is 4.79 Å². The third-order valence-corrected chi connectivity index (χ3v) is 1.91. The summed E-state index contributed by atoms with van der Waals surface area (Å²) in [5.74, 6) is 0.996. The number of aromatic nitrogens is 2. The summed E-state index contributed by atoms with van der Waals surface area (Å²) >= 11 is 0. The highest BCUT2D eigenvalue weighted by Gasteiger charge is 2.02. The number of hydrogen-bond acceptors (Lipinski definition) is 6. The Morgan fingerprint density at radius 3 is 2.59 bits per heavy atom. The molecule has 0 aliphatic heterocycles. The van der Waals surface area contributed by atoms with Crippen molar-refractivity contribution in [3.63, 3.8) is 0 Å². The molecular formula is C10H16N4O3. The molecule has 0 spiro atoms. The van der Waals surface area contributed by atoms with Crippen LogP contribution in [0, 0.1) is 0 Å². The van der Waals surface area contributed by atoms with Gasteiger partial charge >= 0.3 is 6.09 Å². The van der Waals surface area contributed by atoms with Crippen molar-refractivity contribution in [3.8, 4) is 0 Å². The van der Waals surface area contributed by atoms with Crippen LogP contribution in [0.2, 0.25) is 0 Å². The van der Waals surface area contributed by atoms with E-state index in [4.69, 9.17) is 4.74 Å². The quantitative estimate of drug-likeness (QED) is 0.724. The fourth-order valence-corrected chi connectivity index (χ4v) is 1.08. The van der Waals surface area contributed by atoms with Crippen LogP contribution >= 0.6 is 0 Å². The van der Waals surface area contributed by atoms with Crippen molar-refractivity contribution < 1.29 is 14.3 Å². The van der Waals surface area contributed by atoms with Crippen molar-refractivity contribution in [2.45, 2.75) is 6.42 Å². The first kappa shape index (κ1) is 13.2. The molecule has 1 heterocycles. The van der Waals surface area contributed by atoms with Gasteiger partial charge in [0.15, 0.2) is 5.82 Å². The number of ether oxygens (including phenoxy) is 2. The van der Waals surface area contributed by atoms with Gasteiger partial charge in [0.05, 0.1) is 7.11 Å². The Morgan fingerprint density at radius 1 is 1.29 bits per heavy atom. The van der Waals surface area contributed by atoms with E-state index in [1.54, 1.807) is 19.2 Å². The van der Waals surface area contributed by atoms with Crippen molar-refractivity contribution in [2.24, 2.45) is 0 Å². The van der Waals surface area contributed by atoms with Gasteiger partial charge < -0.3 is 14.8 Å². The molecular weight excluding hydrogens is 224 g/mol. The molecule has 0 radical (unpaired) electrons. The fraction of sp³-hybridized carbons (Fsp3) is 0.500. The van der Waals surface area contributed by atoms with Crippen LogP contribution in [-0.2, 0) is 9.47 Å². The lowest BCUT2D eigenvalue weighted by atomic mass is 10.4. The molecule has 1 aromatic heterocycles. The van der Waals surface area contributed by atoms with Crippen LogP contribution in [0.1, 0.15) is 6.42 Å². The molecule has 0 unspecified atom stereocenters. The molecule has 7 nitrogen and oxygen atoms in total. The third kappa shape index (κ3) is 5.12. The van der Waals surface area contributed by atoms with Crippen LogP contribution in [0.25, 0.3) is 0 Å².